The van der Waals surface area contributed by atoms with Crippen LogP contribution in [0.2, 0.25) is 0 Å². The van der Waals surface area contributed by atoms with Gasteiger partial charge in [0.05, 0.1) is 6.04 Å². The molecule has 1 atom stereocenters. The highest BCUT2D eigenvalue weighted by molar-refractivity contribution is 5.89. The molecule has 0 saturated heterocycles. The number of aryl methyl sites for hydroxylation is 2. The van der Waals surface area contributed by atoms with Gasteiger partial charge in [-0.3, -0.25) is 0 Å². The van der Waals surface area contributed by atoms with Gasteiger partial charge in [0.2, 0.25) is 0 Å². The Morgan fingerprint density at radius 3 is 2.48 bits per heavy atom. The van der Waals surface area contributed by atoms with E-state index in [4.69, 9.17) is 0 Å². The molecule has 0 aromatic heterocycles. The normalized spacial score (nSPS) is 12.0. The minimum Gasteiger partial charge on any atom is -0.432 e. The van der Waals surface area contributed by atoms with Crippen LogP contribution in [0.25, 0.3) is 0 Å². The van der Waals surface area contributed by atoms with Gasteiger partial charge in [-0.05, 0) is 44.0 Å². The van der Waals surface area contributed by atoms with E-state index in [1.165, 1.54) is 6.07 Å². The molecule has 134 valence electrons. The number of alkyl halides is 2. The van der Waals surface area contributed by atoms with Crippen LogP contribution < -0.4 is 15.4 Å². The van der Waals surface area contributed by atoms with E-state index >= 15 is 0 Å². The Hall–Kier alpha value is -2.70. The molecular weight excluding hydrogens is 333 g/mol. The molecule has 0 heterocycles. The Kier molecular flexibility index (Phi) is 5.90. The van der Waals surface area contributed by atoms with Crippen molar-refractivity contribution in [2.75, 3.05) is 5.32 Å². The van der Waals surface area contributed by atoms with E-state index in [-0.39, 0.29) is 11.7 Å². The van der Waals surface area contributed by atoms with E-state index in [9.17, 15) is 18.0 Å². The third kappa shape index (κ3) is 5.14. The second-order valence-corrected chi connectivity index (χ2v) is 5.70. The van der Waals surface area contributed by atoms with Crippen LogP contribution in [0.5, 0.6) is 5.75 Å². The van der Waals surface area contributed by atoms with Crippen molar-refractivity contribution in [3.8, 4) is 5.75 Å². The predicted octanol–water partition coefficient (Wildman–Crippen LogP) is 4.93. The molecule has 0 spiro atoms. The number of carbonyl (C=O) groups is 1. The molecule has 0 bridgehead atoms. The molecule has 2 rings (SSSR count). The van der Waals surface area contributed by atoms with Gasteiger partial charge in [0.1, 0.15) is 0 Å². The zero-order valence-electron chi connectivity index (χ0n) is 14.1. The molecule has 2 N–H and O–H groups in total. The lowest BCUT2D eigenvalue weighted by Crippen LogP contribution is -2.31. The van der Waals surface area contributed by atoms with E-state index in [2.05, 4.69) is 15.4 Å². The summed E-state index contributed by atoms with van der Waals surface area (Å²) in [7, 11) is 0. The molecule has 2 amide bonds. The zero-order valence-corrected chi connectivity index (χ0v) is 14.1. The lowest BCUT2D eigenvalue weighted by atomic mass is 10.0. The molecule has 0 aliphatic heterocycles. The van der Waals surface area contributed by atoms with Gasteiger partial charge in [-0.25, -0.2) is 9.18 Å². The van der Waals surface area contributed by atoms with Crippen LogP contribution in [0.4, 0.5) is 23.7 Å². The van der Waals surface area contributed by atoms with E-state index in [0.717, 1.165) is 28.8 Å². The van der Waals surface area contributed by atoms with E-state index in [0.29, 0.717) is 0 Å². The summed E-state index contributed by atoms with van der Waals surface area (Å²) in [6.45, 7) is 2.63. The topological polar surface area (TPSA) is 50.4 Å². The van der Waals surface area contributed by atoms with Gasteiger partial charge >= 0.3 is 12.6 Å². The minimum absolute atomic E-state index is 0.129. The molecule has 25 heavy (non-hydrogen) atoms. The molecule has 2 aromatic carbocycles. The standard InChI is InChI=1S/C18H19F3N2O2/c1-10-4-5-11(2)14(8-10)12(3)22-18(24)23-13-6-7-16(15(19)9-13)25-17(20)21/h4-9,12,17H,1-3H3,(H2,22,23,24). The first kappa shape index (κ1) is 18.6. The van der Waals surface area contributed by atoms with Gasteiger partial charge in [-0.2, -0.15) is 8.78 Å². The number of hydrogen-bond donors (Lipinski definition) is 2. The molecule has 2 aromatic rings. The Morgan fingerprint density at radius 2 is 1.84 bits per heavy atom. The first-order valence-electron chi connectivity index (χ1n) is 7.65. The van der Waals surface area contributed by atoms with Gasteiger partial charge in [0.15, 0.2) is 11.6 Å². The van der Waals surface area contributed by atoms with E-state index < -0.39 is 24.2 Å². The number of hydrogen-bond acceptors (Lipinski definition) is 2. The highest BCUT2D eigenvalue weighted by atomic mass is 19.3. The third-order valence-electron chi connectivity index (χ3n) is 3.65. The van der Waals surface area contributed by atoms with Crippen molar-refractivity contribution < 1.29 is 22.7 Å². The molecule has 0 aliphatic rings. The van der Waals surface area contributed by atoms with Gasteiger partial charge < -0.3 is 15.4 Å². The van der Waals surface area contributed by atoms with Gasteiger partial charge in [0, 0.05) is 11.8 Å². The second-order valence-electron chi connectivity index (χ2n) is 5.70. The maximum absolute atomic E-state index is 13.7. The van der Waals surface area contributed by atoms with E-state index in [1.54, 1.807) is 0 Å². The van der Waals surface area contributed by atoms with Crippen LogP contribution >= 0.6 is 0 Å². The quantitative estimate of drug-likeness (QED) is 0.802. The number of ether oxygens (including phenoxy) is 1. The Bertz CT molecular complexity index is 766. The van der Waals surface area contributed by atoms with Crippen molar-refractivity contribution in [2.45, 2.75) is 33.4 Å². The molecular formula is C18H19F3N2O2. The van der Waals surface area contributed by atoms with Crippen LogP contribution in [0, 0.1) is 19.7 Å². The fourth-order valence-corrected chi connectivity index (χ4v) is 2.44. The highest BCUT2D eigenvalue weighted by Gasteiger charge is 2.14. The SMILES string of the molecule is Cc1ccc(C)c(C(C)NC(=O)Nc2ccc(OC(F)F)c(F)c2)c1. The molecule has 0 radical (unpaired) electrons. The fraction of sp³-hybridized carbons (Fsp3) is 0.278. The summed E-state index contributed by atoms with van der Waals surface area (Å²) in [5.41, 5.74) is 3.22. The van der Waals surface area contributed by atoms with Crippen LogP contribution in [-0.2, 0) is 0 Å². The van der Waals surface area contributed by atoms with E-state index in [1.807, 2.05) is 39.0 Å². The predicted molar refractivity (Wildman–Crippen MR) is 89.5 cm³/mol. The number of anilines is 1. The van der Waals surface area contributed by atoms with Gasteiger partial charge in [-0.15, -0.1) is 0 Å². The summed E-state index contributed by atoms with van der Waals surface area (Å²) in [6.07, 6.45) is 0. The van der Waals surface area contributed by atoms with Crippen molar-refractivity contribution in [1.82, 2.24) is 5.32 Å². The minimum atomic E-state index is -3.12. The molecule has 0 fully saturated rings. The number of carbonyl (C=O) groups excluding carboxylic acids is 1. The Balaban J connectivity index is 2.02. The monoisotopic (exact) mass is 352 g/mol. The summed E-state index contributed by atoms with van der Waals surface area (Å²) in [6, 6.07) is 8.38. The molecule has 0 aliphatic carbocycles. The van der Waals surface area contributed by atoms with Crippen molar-refractivity contribution in [3.05, 3.63) is 58.9 Å². The summed E-state index contributed by atoms with van der Waals surface area (Å²) in [4.78, 5) is 12.1. The van der Waals surface area contributed by atoms with Crippen LogP contribution in [0.1, 0.15) is 29.7 Å². The molecule has 1 unspecified atom stereocenters. The molecule has 7 heteroatoms. The Labute approximate surface area is 144 Å². The summed E-state index contributed by atoms with van der Waals surface area (Å²) >= 11 is 0. The maximum atomic E-state index is 13.7. The first-order valence-corrected chi connectivity index (χ1v) is 7.65. The second kappa shape index (κ2) is 7.92. The first-order chi connectivity index (χ1) is 11.8. The van der Waals surface area contributed by atoms with Gasteiger partial charge in [-0.1, -0.05) is 23.8 Å². The van der Waals surface area contributed by atoms with Crippen molar-refractivity contribution in [1.29, 1.82) is 0 Å². The van der Waals surface area contributed by atoms with Crippen LogP contribution in [-0.4, -0.2) is 12.6 Å². The van der Waals surface area contributed by atoms with Crippen molar-refractivity contribution in [2.24, 2.45) is 0 Å². The maximum Gasteiger partial charge on any atom is 0.387 e. The largest absolute Gasteiger partial charge is 0.432 e. The number of benzene rings is 2. The molecule has 0 saturated carbocycles. The average Bonchev–Trinajstić information content (AvgIpc) is 2.51. The average molecular weight is 352 g/mol. The molecule has 4 nitrogen and oxygen atoms in total. The highest BCUT2D eigenvalue weighted by Crippen LogP contribution is 2.23. The number of halogens is 3. The third-order valence-corrected chi connectivity index (χ3v) is 3.65. The summed E-state index contributed by atoms with van der Waals surface area (Å²) in [5.74, 6) is -1.56. The number of amides is 2. The summed E-state index contributed by atoms with van der Waals surface area (Å²) in [5, 5.41) is 5.22. The lowest BCUT2D eigenvalue weighted by molar-refractivity contribution is -0.0521. The number of nitrogens with one attached hydrogen (secondary N) is 2. The van der Waals surface area contributed by atoms with Crippen molar-refractivity contribution >= 4 is 11.7 Å². The van der Waals surface area contributed by atoms with Crippen LogP contribution in [0.3, 0.4) is 0 Å². The lowest BCUT2D eigenvalue weighted by Gasteiger charge is -2.18. The smallest absolute Gasteiger partial charge is 0.387 e. The summed E-state index contributed by atoms with van der Waals surface area (Å²) < 4.78 is 41.9. The fourth-order valence-electron chi connectivity index (χ4n) is 2.44. The van der Waals surface area contributed by atoms with Gasteiger partial charge in [0.25, 0.3) is 0 Å². The number of urea groups is 1. The number of rotatable bonds is 5. The Morgan fingerprint density at radius 1 is 1.12 bits per heavy atom. The zero-order chi connectivity index (χ0) is 18.6. The van der Waals surface area contributed by atoms with Crippen molar-refractivity contribution in [3.63, 3.8) is 0 Å². The van der Waals surface area contributed by atoms with Crippen LogP contribution in [0.15, 0.2) is 36.4 Å².